The molecule has 4 unspecified atom stereocenters. The van der Waals surface area contributed by atoms with Crippen LogP contribution in [0.15, 0.2) is 36.8 Å². The van der Waals surface area contributed by atoms with Gasteiger partial charge in [-0.1, -0.05) is 12.1 Å². The molecule has 214 valence electrons. The standard InChI is InChI=1S/C25H36N6O6S2/c1-38-9-7-19(29-22(33)18(26)12-16-13-27-14-28-16)23(34)30-20(8-10-39-2)24(35)31-21(25(36)37)11-15-3-5-17(32)6-4-15/h3-6,13-14,18-21,32H,7-12,26H2,1-2H3,(H,27,28)(H,29,33)(H,30,34)(H,31,35)(H,36,37). The summed E-state index contributed by atoms with van der Waals surface area (Å²) in [6.07, 6.45) is 7.53. The van der Waals surface area contributed by atoms with E-state index in [0.29, 0.717) is 29.2 Å². The number of nitrogens with two attached hydrogens (primary N) is 1. The van der Waals surface area contributed by atoms with E-state index >= 15 is 0 Å². The average Bonchev–Trinajstić information content (AvgIpc) is 3.42. The van der Waals surface area contributed by atoms with E-state index in [2.05, 4.69) is 25.9 Å². The van der Waals surface area contributed by atoms with E-state index in [9.17, 15) is 29.4 Å². The lowest BCUT2D eigenvalue weighted by molar-refractivity contribution is -0.142. The summed E-state index contributed by atoms with van der Waals surface area (Å²) in [7, 11) is 0. The molecule has 0 aliphatic carbocycles. The predicted molar refractivity (Wildman–Crippen MR) is 152 cm³/mol. The molecule has 2 aromatic rings. The molecule has 1 heterocycles. The van der Waals surface area contributed by atoms with Gasteiger partial charge in [-0.15, -0.1) is 0 Å². The minimum absolute atomic E-state index is 0.00876. The summed E-state index contributed by atoms with van der Waals surface area (Å²) >= 11 is 2.97. The van der Waals surface area contributed by atoms with Crippen molar-refractivity contribution in [2.75, 3.05) is 24.0 Å². The molecular weight excluding hydrogens is 544 g/mol. The number of aliphatic carboxylic acids is 1. The van der Waals surface area contributed by atoms with Crippen LogP contribution in [0.3, 0.4) is 0 Å². The summed E-state index contributed by atoms with van der Waals surface area (Å²) in [5.74, 6) is -1.81. The fourth-order valence-corrected chi connectivity index (χ4v) is 4.57. The fraction of sp³-hybridized carbons (Fsp3) is 0.480. The number of nitrogens with zero attached hydrogens (tertiary/aromatic N) is 1. The Labute approximate surface area is 235 Å². The molecule has 39 heavy (non-hydrogen) atoms. The molecule has 1 aromatic carbocycles. The normalized spacial score (nSPS) is 14.0. The summed E-state index contributed by atoms with van der Waals surface area (Å²) in [5.41, 5.74) is 7.31. The van der Waals surface area contributed by atoms with Gasteiger partial charge in [-0.25, -0.2) is 9.78 Å². The molecule has 4 atom stereocenters. The number of hydrogen-bond acceptors (Lipinski definition) is 9. The minimum Gasteiger partial charge on any atom is -0.508 e. The number of thioether (sulfide) groups is 2. The Kier molecular flexibility index (Phi) is 13.7. The zero-order chi connectivity index (χ0) is 28.8. The van der Waals surface area contributed by atoms with Crippen LogP contribution in [0.5, 0.6) is 5.75 Å². The SMILES string of the molecule is CSCCC(NC(=O)C(N)Cc1cnc[nH]1)C(=O)NC(CCSC)C(=O)NC(Cc1ccc(O)cc1)C(=O)O. The van der Waals surface area contributed by atoms with Crippen LogP contribution in [0.1, 0.15) is 24.1 Å². The third kappa shape index (κ3) is 11.2. The molecule has 12 nitrogen and oxygen atoms in total. The number of imidazole rings is 1. The Hall–Kier alpha value is -3.23. The number of phenols is 1. The number of aromatic nitrogens is 2. The second-order valence-electron chi connectivity index (χ2n) is 8.84. The number of carboxylic acids is 1. The highest BCUT2D eigenvalue weighted by molar-refractivity contribution is 7.98. The Morgan fingerprint density at radius 3 is 1.92 bits per heavy atom. The summed E-state index contributed by atoms with van der Waals surface area (Å²) in [4.78, 5) is 57.7. The molecule has 0 saturated carbocycles. The van der Waals surface area contributed by atoms with E-state index in [1.54, 1.807) is 18.3 Å². The van der Waals surface area contributed by atoms with Crippen LogP contribution in [0.4, 0.5) is 0 Å². The summed E-state index contributed by atoms with van der Waals surface area (Å²) < 4.78 is 0. The topological polar surface area (TPSA) is 200 Å². The molecule has 0 fully saturated rings. The second kappa shape index (κ2) is 16.7. The first-order valence-electron chi connectivity index (χ1n) is 12.3. The summed E-state index contributed by atoms with van der Waals surface area (Å²) in [6.45, 7) is 0. The number of amides is 3. The number of carbonyl (C=O) groups is 4. The van der Waals surface area contributed by atoms with Crippen molar-refractivity contribution in [3.63, 3.8) is 0 Å². The molecule has 8 N–H and O–H groups in total. The van der Waals surface area contributed by atoms with Gasteiger partial charge in [-0.3, -0.25) is 14.4 Å². The number of nitrogens with one attached hydrogen (secondary N) is 4. The van der Waals surface area contributed by atoms with Gasteiger partial charge in [0.2, 0.25) is 17.7 Å². The van der Waals surface area contributed by atoms with E-state index in [-0.39, 0.29) is 25.0 Å². The van der Waals surface area contributed by atoms with Crippen LogP contribution in [0.2, 0.25) is 0 Å². The maximum absolute atomic E-state index is 13.2. The molecular formula is C25H36N6O6S2. The monoisotopic (exact) mass is 580 g/mol. The van der Waals surface area contributed by atoms with E-state index in [1.807, 2.05) is 12.5 Å². The van der Waals surface area contributed by atoms with E-state index in [0.717, 1.165) is 0 Å². The molecule has 0 spiro atoms. The molecule has 0 aliphatic rings. The first-order valence-corrected chi connectivity index (χ1v) is 15.1. The quantitative estimate of drug-likeness (QED) is 0.136. The molecule has 0 saturated heterocycles. The first-order chi connectivity index (χ1) is 18.6. The maximum atomic E-state index is 13.2. The van der Waals surface area contributed by atoms with Crippen molar-refractivity contribution < 1.29 is 29.4 Å². The second-order valence-corrected chi connectivity index (χ2v) is 10.8. The third-order valence-electron chi connectivity index (χ3n) is 5.81. The number of H-pyrrole nitrogens is 1. The molecule has 2 rings (SSSR count). The lowest BCUT2D eigenvalue weighted by Crippen LogP contribution is -2.57. The van der Waals surface area contributed by atoms with Crippen molar-refractivity contribution in [3.05, 3.63) is 48.0 Å². The van der Waals surface area contributed by atoms with Crippen LogP contribution >= 0.6 is 23.5 Å². The zero-order valence-corrected chi connectivity index (χ0v) is 23.5. The molecule has 0 aliphatic heterocycles. The first kappa shape index (κ1) is 32.0. The molecule has 1 aromatic heterocycles. The van der Waals surface area contributed by atoms with Crippen LogP contribution in [0, 0.1) is 0 Å². The molecule has 0 radical (unpaired) electrons. The fourth-order valence-electron chi connectivity index (χ4n) is 3.63. The van der Waals surface area contributed by atoms with Crippen LogP contribution in [0.25, 0.3) is 0 Å². The summed E-state index contributed by atoms with van der Waals surface area (Å²) in [6, 6.07) is 1.89. The van der Waals surface area contributed by atoms with Gasteiger partial charge >= 0.3 is 5.97 Å². The van der Waals surface area contributed by atoms with Gasteiger partial charge in [0, 0.05) is 24.7 Å². The van der Waals surface area contributed by atoms with E-state index < -0.39 is 47.9 Å². The highest BCUT2D eigenvalue weighted by Crippen LogP contribution is 2.12. The van der Waals surface area contributed by atoms with E-state index in [1.165, 1.54) is 42.0 Å². The predicted octanol–water partition coefficient (Wildman–Crippen LogP) is 0.273. The Balaban J connectivity index is 2.09. The lowest BCUT2D eigenvalue weighted by atomic mass is 10.0. The van der Waals surface area contributed by atoms with Gasteiger partial charge in [0.05, 0.1) is 12.4 Å². The van der Waals surface area contributed by atoms with Crippen LogP contribution < -0.4 is 21.7 Å². The Bertz CT molecular complexity index is 1070. The van der Waals surface area contributed by atoms with Gasteiger partial charge in [0.25, 0.3) is 0 Å². The van der Waals surface area contributed by atoms with Crippen molar-refractivity contribution in [3.8, 4) is 5.75 Å². The number of aromatic amines is 1. The van der Waals surface area contributed by atoms with Crippen LogP contribution in [-0.2, 0) is 32.0 Å². The number of phenolic OH excluding ortho intramolecular Hbond substituents is 1. The number of carboxylic acid groups (broad SMARTS) is 1. The van der Waals surface area contributed by atoms with Gasteiger partial charge in [-0.05, 0) is 54.6 Å². The van der Waals surface area contributed by atoms with Crippen molar-refractivity contribution in [1.82, 2.24) is 25.9 Å². The summed E-state index contributed by atoms with van der Waals surface area (Å²) in [5, 5.41) is 27.0. The third-order valence-corrected chi connectivity index (χ3v) is 7.10. The smallest absolute Gasteiger partial charge is 0.326 e. The Morgan fingerprint density at radius 2 is 1.44 bits per heavy atom. The number of benzene rings is 1. The highest BCUT2D eigenvalue weighted by atomic mass is 32.2. The van der Waals surface area contributed by atoms with Crippen molar-refractivity contribution in [2.45, 2.75) is 49.9 Å². The van der Waals surface area contributed by atoms with Crippen LogP contribution in [-0.4, -0.2) is 92.1 Å². The van der Waals surface area contributed by atoms with Crippen molar-refractivity contribution in [1.29, 1.82) is 0 Å². The molecule has 14 heteroatoms. The van der Waals surface area contributed by atoms with Gasteiger partial charge in [0.15, 0.2) is 0 Å². The lowest BCUT2D eigenvalue weighted by Gasteiger charge is -2.25. The van der Waals surface area contributed by atoms with Crippen molar-refractivity contribution >= 4 is 47.2 Å². The van der Waals surface area contributed by atoms with E-state index in [4.69, 9.17) is 5.73 Å². The number of rotatable bonds is 17. The molecule has 0 bridgehead atoms. The highest BCUT2D eigenvalue weighted by Gasteiger charge is 2.30. The van der Waals surface area contributed by atoms with Gasteiger partial charge in [-0.2, -0.15) is 23.5 Å². The average molecular weight is 581 g/mol. The minimum atomic E-state index is -1.25. The van der Waals surface area contributed by atoms with Gasteiger partial charge < -0.3 is 36.9 Å². The maximum Gasteiger partial charge on any atom is 0.326 e. The number of hydrogen-bond donors (Lipinski definition) is 7. The zero-order valence-electron chi connectivity index (χ0n) is 21.9. The Morgan fingerprint density at radius 1 is 0.897 bits per heavy atom. The molecule has 3 amide bonds. The number of aromatic hydroxyl groups is 1. The van der Waals surface area contributed by atoms with Crippen molar-refractivity contribution in [2.24, 2.45) is 5.73 Å². The number of carbonyl (C=O) groups excluding carboxylic acids is 3. The van der Waals surface area contributed by atoms with Gasteiger partial charge in [0.1, 0.15) is 23.9 Å². The largest absolute Gasteiger partial charge is 0.508 e.